The summed E-state index contributed by atoms with van der Waals surface area (Å²) in [6, 6.07) is 4.03. The lowest BCUT2D eigenvalue weighted by Crippen LogP contribution is -2.44. The third kappa shape index (κ3) is 4.10. The third-order valence-electron chi connectivity index (χ3n) is 3.38. The van der Waals surface area contributed by atoms with Crippen molar-refractivity contribution in [2.24, 2.45) is 0 Å². The summed E-state index contributed by atoms with van der Waals surface area (Å²) >= 11 is 3.94. The number of benzene rings is 1. The quantitative estimate of drug-likeness (QED) is 0.916. The van der Waals surface area contributed by atoms with E-state index in [2.05, 4.69) is 12.2 Å². The number of hydrogen-bond acceptors (Lipinski definition) is 3. The van der Waals surface area contributed by atoms with Crippen LogP contribution in [0.25, 0.3) is 0 Å². The average Bonchev–Trinajstić information content (AvgIpc) is 2.36. The maximum Gasteiger partial charge on any atom is 0.126 e. The standard InChI is InChI=1S/C14H19F2NS2/c1-9-14(19-4-3-18-9)13(17-2)7-10-5-11(15)8-12(16)6-10/h5-6,8-9,13-14,17H,3-4,7H2,1-2H3. The van der Waals surface area contributed by atoms with Crippen molar-refractivity contribution < 1.29 is 8.78 Å². The number of hydrogen-bond donors (Lipinski definition) is 1. The van der Waals surface area contributed by atoms with Crippen LogP contribution in [0.2, 0.25) is 0 Å². The summed E-state index contributed by atoms with van der Waals surface area (Å²) in [5.74, 6) is 1.34. The maximum atomic E-state index is 13.2. The molecule has 19 heavy (non-hydrogen) atoms. The molecule has 0 aliphatic carbocycles. The van der Waals surface area contributed by atoms with Crippen molar-refractivity contribution in [3.63, 3.8) is 0 Å². The molecule has 1 aromatic carbocycles. The first-order valence-electron chi connectivity index (χ1n) is 6.45. The molecular weight excluding hydrogens is 284 g/mol. The Morgan fingerprint density at radius 2 is 1.84 bits per heavy atom. The van der Waals surface area contributed by atoms with Crippen molar-refractivity contribution in [2.45, 2.75) is 29.9 Å². The van der Waals surface area contributed by atoms with Crippen molar-refractivity contribution >= 4 is 23.5 Å². The van der Waals surface area contributed by atoms with Gasteiger partial charge < -0.3 is 5.32 Å². The highest BCUT2D eigenvalue weighted by Crippen LogP contribution is 2.34. The smallest absolute Gasteiger partial charge is 0.126 e. The highest BCUT2D eigenvalue weighted by atomic mass is 32.2. The molecule has 1 fully saturated rings. The van der Waals surface area contributed by atoms with E-state index in [1.54, 1.807) is 0 Å². The zero-order valence-corrected chi connectivity index (χ0v) is 12.8. The number of halogens is 2. The van der Waals surface area contributed by atoms with Crippen molar-refractivity contribution in [2.75, 3.05) is 18.6 Å². The predicted molar refractivity (Wildman–Crippen MR) is 81.1 cm³/mol. The highest BCUT2D eigenvalue weighted by molar-refractivity contribution is 8.07. The first-order valence-corrected chi connectivity index (χ1v) is 8.55. The first-order chi connectivity index (χ1) is 9.10. The van der Waals surface area contributed by atoms with Gasteiger partial charge in [0.15, 0.2) is 0 Å². The molecule has 0 saturated carbocycles. The fourth-order valence-electron chi connectivity index (χ4n) is 2.46. The van der Waals surface area contributed by atoms with Crippen LogP contribution in [0.3, 0.4) is 0 Å². The van der Waals surface area contributed by atoms with Gasteiger partial charge >= 0.3 is 0 Å². The Labute approximate surface area is 121 Å². The van der Waals surface area contributed by atoms with Crippen molar-refractivity contribution in [1.29, 1.82) is 0 Å². The molecule has 1 aromatic rings. The van der Waals surface area contributed by atoms with Crippen LogP contribution in [0.1, 0.15) is 12.5 Å². The second-order valence-corrected chi connectivity index (χ2v) is 7.56. The molecule has 1 saturated heterocycles. The van der Waals surface area contributed by atoms with Crippen LogP contribution in [-0.2, 0) is 6.42 Å². The number of rotatable bonds is 4. The molecule has 2 rings (SSSR count). The summed E-state index contributed by atoms with van der Waals surface area (Å²) in [6.07, 6.45) is 0.660. The highest BCUT2D eigenvalue weighted by Gasteiger charge is 2.29. The summed E-state index contributed by atoms with van der Waals surface area (Å²) in [4.78, 5) is 0. The normalized spacial score (nSPS) is 25.3. The van der Waals surface area contributed by atoms with E-state index < -0.39 is 11.6 Å². The van der Waals surface area contributed by atoms with Gasteiger partial charge in [-0.25, -0.2) is 8.78 Å². The average molecular weight is 303 g/mol. The Morgan fingerprint density at radius 3 is 2.42 bits per heavy atom. The van der Waals surface area contributed by atoms with Gasteiger partial charge in [0, 0.05) is 34.1 Å². The summed E-state index contributed by atoms with van der Waals surface area (Å²) in [6.45, 7) is 2.23. The van der Waals surface area contributed by atoms with Gasteiger partial charge in [-0.1, -0.05) is 6.92 Å². The Morgan fingerprint density at radius 1 is 1.21 bits per heavy atom. The van der Waals surface area contributed by atoms with Gasteiger partial charge in [-0.3, -0.25) is 0 Å². The van der Waals surface area contributed by atoms with Gasteiger partial charge in [0.2, 0.25) is 0 Å². The third-order valence-corrected chi connectivity index (χ3v) is 6.63. The number of likely N-dealkylation sites (N-methyl/N-ethyl adjacent to an activating group) is 1. The van der Waals surface area contributed by atoms with Gasteiger partial charge in [0.1, 0.15) is 11.6 Å². The molecule has 5 heteroatoms. The molecule has 1 aliphatic heterocycles. The number of nitrogens with one attached hydrogen (secondary N) is 1. The largest absolute Gasteiger partial charge is 0.316 e. The maximum absolute atomic E-state index is 13.2. The molecule has 1 N–H and O–H groups in total. The topological polar surface area (TPSA) is 12.0 Å². The predicted octanol–water partition coefficient (Wildman–Crippen LogP) is 3.33. The number of thioether (sulfide) groups is 2. The fraction of sp³-hybridized carbons (Fsp3) is 0.571. The van der Waals surface area contributed by atoms with E-state index in [0.717, 1.165) is 17.4 Å². The molecule has 3 unspecified atom stereocenters. The van der Waals surface area contributed by atoms with Crippen LogP contribution in [0.4, 0.5) is 8.78 Å². The fourth-order valence-corrected chi connectivity index (χ4v) is 5.46. The van der Waals surface area contributed by atoms with Crippen LogP contribution >= 0.6 is 23.5 Å². The summed E-state index contributed by atoms with van der Waals surface area (Å²) in [5.41, 5.74) is 0.722. The SMILES string of the molecule is CNC(Cc1cc(F)cc(F)c1)C1SCCSC1C. The Bertz CT molecular complexity index is 408. The summed E-state index contributed by atoms with van der Waals surface area (Å²) in [7, 11) is 1.92. The van der Waals surface area contributed by atoms with Crippen LogP contribution in [-0.4, -0.2) is 35.1 Å². The minimum Gasteiger partial charge on any atom is -0.316 e. The van der Waals surface area contributed by atoms with Crippen molar-refractivity contribution in [1.82, 2.24) is 5.32 Å². The second kappa shape index (κ2) is 6.95. The molecule has 1 aliphatic rings. The van der Waals surface area contributed by atoms with Gasteiger partial charge in [0.25, 0.3) is 0 Å². The molecule has 0 aromatic heterocycles. The monoisotopic (exact) mass is 303 g/mol. The molecule has 1 heterocycles. The lowest BCUT2D eigenvalue weighted by atomic mass is 10.0. The Hall–Kier alpha value is -0.260. The molecule has 0 radical (unpaired) electrons. The van der Waals surface area contributed by atoms with E-state index in [9.17, 15) is 8.78 Å². The zero-order valence-electron chi connectivity index (χ0n) is 11.2. The summed E-state index contributed by atoms with van der Waals surface area (Å²) < 4.78 is 26.5. The Balaban J connectivity index is 2.09. The molecule has 3 atom stereocenters. The molecule has 106 valence electrons. The summed E-state index contributed by atoms with van der Waals surface area (Å²) in [5, 5.41) is 4.36. The van der Waals surface area contributed by atoms with Gasteiger partial charge in [-0.05, 0) is 31.2 Å². The van der Waals surface area contributed by atoms with Gasteiger partial charge in [0.05, 0.1) is 0 Å². The van der Waals surface area contributed by atoms with Crippen LogP contribution in [0, 0.1) is 11.6 Å². The molecule has 0 amide bonds. The second-order valence-electron chi connectivity index (χ2n) is 4.79. The zero-order chi connectivity index (χ0) is 13.8. The van der Waals surface area contributed by atoms with Gasteiger partial charge in [-0.15, -0.1) is 0 Å². The van der Waals surface area contributed by atoms with E-state index in [4.69, 9.17) is 0 Å². The van der Waals surface area contributed by atoms with Crippen molar-refractivity contribution in [3.05, 3.63) is 35.4 Å². The molecular formula is C14H19F2NS2. The van der Waals surface area contributed by atoms with Gasteiger partial charge in [-0.2, -0.15) is 23.5 Å². The van der Waals surface area contributed by atoms with Crippen LogP contribution < -0.4 is 5.32 Å². The van der Waals surface area contributed by atoms with E-state index in [1.807, 2.05) is 30.6 Å². The van der Waals surface area contributed by atoms with E-state index >= 15 is 0 Å². The molecule has 0 spiro atoms. The van der Waals surface area contributed by atoms with Crippen LogP contribution in [0.15, 0.2) is 18.2 Å². The van der Waals surface area contributed by atoms with Crippen molar-refractivity contribution in [3.8, 4) is 0 Å². The van der Waals surface area contributed by atoms with Crippen LogP contribution in [0.5, 0.6) is 0 Å². The molecule has 0 bridgehead atoms. The minimum absolute atomic E-state index is 0.244. The van der Waals surface area contributed by atoms with E-state index in [0.29, 0.717) is 16.9 Å². The minimum atomic E-state index is -0.497. The lowest BCUT2D eigenvalue weighted by Gasteiger charge is -2.34. The van der Waals surface area contributed by atoms with E-state index in [-0.39, 0.29) is 6.04 Å². The Kier molecular flexibility index (Phi) is 5.54. The lowest BCUT2D eigenvalue weighted by molar-refractivity contribution is 0.523. The molecule has 1 nitrogen and oxygen atoms in total. The van der Waals surface area contributed by atoms with E-state index in [1.165, 1.54) is 17.9 Å². The first kappa shape index (κ1) is 15.1.